The lowest BCUT2D eigenvalue weighted by Crippen LogP contribution is -2.50. The van der Waals surface area contributed by atoms with E-state index in [0.717, 1.165) is 30.9 Å². The molecule has 0 spiro atoms. The van der Waals surface area contributed by atoms with Crippen LogP contribution in [0.5, 0.6) is 11.5 Å². The standard InChI is InChI=1S/C21H28N4O4/c1-5-23-10-12-24(13-11-23)21(27)15(2)25-19(26)14-18(29-4)20(22-25)16-6-8-17(28-3)9-7-16/h6-9,14-15H,5,10-13H2,1-4H3/t15-/m0/s1. The van der Waals surface area contributed by atoms with E-state index in [2.05, 4.69) is 16.9 Å². The van der Waals surface area contributed by atoms with E-state index in [1.807, 2.05) is 29.2 Å². The number of methoxy groups -OCH3 is 2. The van der Waals surface area contributed by atoms with Gasteiger partial charge in [0.1, 0.15) is 17.5 Å². The second kappa shape index (κ2) is 9.09. The molecule has 0 saturated carbocycles. The van der Waals surface area contributed by atoms with Crippen molar-refractivity contribution in [2.45, 2.75) is 19.9 Å². The maximum atomic E-state index is 13.0. The lowest BCUT2D eigenvalue weighted by atomic mass is 10.1. The van der Waals surface area contributed by atoms with Crippen LogP contribution in [0.15, 0.2) is 35.1 Å². The molecule has 1 fully saturated rings. The number of likely N-dealkylation sites (N-methyl/N-ethyl adjacent to an activating group) is 1. The number of hydrogen-bond donors (Lipinski definition) is 0. The summed E-state index contributed by atoms with van der Waals surface area (Å²) in [7, 11) is 3.09. The first kappa shape index (κ1) is 20.9. The van der Waals surface area contributed by atoms with E-state index in [0.29, 0.717) is 24.5 Å². The fourth-order valence-corrected chi connectivity index (χ4v) is 3.49. The summed E-state index contributed by atoms with van der Waals surface area (Å²) in [6, 6.07) is 8.00. The van der Waals surface area contributed by atoms with Gasteiger partial charge in [-0.3, -0.25) is 9.59 Å². The van der Waals surface area contributed by atoms with Crippen LogP contribution < -0.4 is 15.0 Å². The van der Waals surface area contributed by atoms with Crippen LogP contribution >= 0.6 is 0 Å². The zero-order chi connectivity index (χ0) is 21.0. The van der Waals surface area contributed by atoms with Crippen molar-refractivity contribution in [3.8, 4) is 22.8 Å². The molecule has 0 aliphatic carbocycles. The summed E-state index contributed by atoms with van der Waals surface area (Å²) >= 11 is 0. The Morgan fingerprint density at radius 1 is 1.10 bits per heavy atom. The number of carbonyl (C=O) groups is 1. The molecule has 1 aliphatic rings. The lowest BCUT2D eigenvalue weighted by Gasteiger charge is -2.35. The number of ether oxygens (including phenoxy) is 2. The van der Waals surface area contributed by atoms with Crippen molar-refractivity contribution in [3.63, 3.8) is 0 Å². The third kappa shape index (κ3) is 4.42. The summed E-state index contributed by atoms with van der Waals surface area (Å²) in [5, 5.41) is 4.50. The molecule has 0 bridgehead atoms. The molecule has 8 nitrogen and oxygen atoms in total. The molecule has 156 valence electrons. The number of piperazine rings is 1. The van der Waals surface area contributed by atoms with Gasteiger partial charge in [-0.2, -0.15) is 5.10 Å². The van der Waals surface area contributed by atoms with Crippen LogP contribution in [-0.2, 0) is 4.79 Å². The van der Waals surface area contributed by atoms with Crippen LogP contribution in [-0.4, -0.2) is 72.4 Å². The van der Waals surface area contributed by atoms with Crippen molar-refractivity contribution in [2.75, 3.05) is 46.9 Å². The summed E-state index contributed by atoms with van der Waals surface area (Å²) < 4.78 is 11.8. The molecular formula is C21H28N4O4. The minimum absolute atomic E-state index is 0.0961. The highest BCUT2D eigenvalue weighted by molar-refractivity contribution is 5.80. The van der Waals surface area contributed by atoms with Crippen LogP contribution in [0.1, 0.15) is 19.9 Å². The van der Waals surface area contributed by atoms with Gasteiger partial charge in [0.25, 0.3) is 5.56 Å². The first-order chi connectivity index (χ1) is 14.0. The second-order valence-corrected chi connectivity index (χ2v) is 7.01. The van der Waals surface area contributed by atoms with E-state index in [-0.39, 0.29) is 11.5 Å². The molecule has 1 aromatic heterocycles. The molecule has 0 radical (unpaired) electrons. The molecule has 3 rings (SSSR count). The van der Waals surface area contributed by atoms with Crippen LogP contribution in [0.4, 0.5) is 0 Å². The van der Waals surface area contributed by atoms with Gasteiger partial charge in [0, 0.05) is 37.8 Å². The zero-order valence-electron chi connectivity index (χ0n) is 17.4. The number of amides is 1. The fourth-order valence-electron chi connectivity index (χ4n) is 3.49. The smallest absolute Gasteiger partial charge is 0.271 e. The third-order valence-corrected chi connectivity index (χ3v) is 5.36. The van der Waals surface area contributed by atoms with Gasteiger partial charge in [0.05, 0.1) is 14.2 Å². The predicted molar refractivity (Wildman–Crippen MR) is 110 cm³/mol. The largest absolute Gasteiger partial charge is 0.497 e. The Hall–Kier alpha value is -2.87. The van der Waals surface area contributed by atoms with Crippen LogP contribution in [0.2, 0.25) is 0 Å². The zero-order valence-corrected chi connectivity index (χ0v) is 17.4. The summed E-state index contributed by atoms with van der Waals surface area (Å²) in [6.45, 7) is 7.81. The molecule has 1 atom stereocenters. The highest BCUT2D eigenvalue weighted by Gasteiger charge is 2.27. The average Bonchev–Trinajstić information content (AvgIpc) is 2.78. The molecule has 1 amide bonds. The van der Waals surface area contributed by atoms with Gasteiger partial charge in [0.2, 0.25) is 5.91 Å². The molecule has 29 heavy (non-hydrogen) atoms. The van der Waals surface area contributed by atoms with E-state index in [9.17, 15) is 9.59 Å². The molecule has 0 N–H and O–H groups in total. The maximum absolute atomic E-state index is 13.0. The first-order valence-electron chi connectivity index (χ1n) is 9.82. The Morgan fingerprint density at radius 3 is 2.31 bits per heavy atom. The van der Waals surface area contributed by atoms with Gasteiger partial charge in [-0.15, -0.1) is 0 Å². The van der Waals surface area contributed by atoms with E-state index in [4.69, 9.17) is 9.47 Å². The third-order valence-electron chi connectivity index (χ3n) is 5.36. The van der Waals surface area contributed by atoms with Crippen molar-refractivity contribution in [3.05, 3.63) is 40.7 Å². The monoisotopic (exact) mass is 400 g/mol. The summed E-state index contributed by atoms with van der Waals surface area (Å²) in [4.78, 5) is 29.7. The van der Waals surface area contributed by atoms with Gasteiger partial charge in [-0.25, -0.2) is 4.68 Å². The summed E-state index contributed by atoms with van der Waals surface area (Å²) in [5.74, 6) is 0.990. The van der Waals surface area contributed by atoms with Crippen molar-refractivity contribution in [1.82, 2.24) is 19.6 Å². The Balaban J connectivity index is 1.90. The van der Waals surface area contributed by atoms with Gasteiger partial charge >= 0.3 is 0 Å². The van der Waals surface area contributed by atoms with Crippen molar-refractivity contribution in [2.24, 2.45) is 0 Å². The van der Waals surface area contributed by atoms with Gasteiger partial charge < -0.3 is 19.3 Å². The van der Waals surface area contributed by atoms with Gasteiger partial charge in [-0.1, -0.05) is 6.92 Å². The molecular weight excluding hydrogens is 372 g/mol. The minimum Gasteiger partial charge on any atom is -0.497 e. The van der Waals surface area contributed by atoms with Crippen LogP contribution in [0, 0.1) is 0 Å². The van der Waals surface area contributed by atoms with Crippen molar-refractivity contribution >= 4 is 5.91 Å². The topological polar surface area (TPSA) is 76.9 Å². The number of benzene rings is 1. The Bertz CT molecular complexity index is 902. The SMILES string of the molecule is CCN1CCN(C(=O)[C@H](C)n2nc(-c3ccc(OC)cc3)c(OC)cc2=O)CC1. The second-order valence-electron chi connectivity index (χ2n) is 7.01. The molecule has 2 aromatic rings. The number of nitrogens with zero attached hydrogens (tertiary/aromatic N) is 4. The molecule has 2 heterocycles. The predicted octanol–water partition coefficient (Wildman–Crippen LogP) is 1.65. The Kier molecular flexibility index (Phi) is 6.53. The molecule has 8 heteroatoms. The Labute approximate surface area is 170 Å². The van der Waals surface area contributed by atoms with Gasteiger partial charge in [0.15, 0.2) is 5.75 Å². The summed E-state index contributed by atoms with van der Waals surface area (Å²) in [5.41, 5.74) is 0.907. The maximum Gasteiger partial charge on any atom is 0.271 e. The first-order valence-corrected chi connectivity index (χ1v) is 9.82. The molecule has 0 unspecified atom stereocenters. The van der Waals surface area contributed by atoms with E-state index >= 15 is 0 Å². The number of rotatable bonds is 6. The highest BCUT2D eigenvalue weighted by Crippen LogP contribution is 2.28. The quantitative estimate of drug-likeness (QED) is 0.734. The number of hydrogen-bond acceptors (Lipinski definition) is 6. The normalized spacial score (nSPS) is 15.8. The molecule has 1 aliphatic heterocycles. The minimum atomic E-state index is -0.696. The molecule has 1 saturated heterocycles. The van der Waals surface area contributed by atoms with Crippen LogP contribution in [0.3, 0.4) is 0 Å². The van der Waals surface area contributed by atoms with E-state index in [1.165, 1.54) is 17.9 Å². The van der Waals surface area contributed by atoms with E-state index in [1.54, 1.807) is 14.0 Å². The average molecular weight is 400 g/mol. The van der Waals surface area contributed by atoms with Gasteiger partial charge in [-0.05, 0) is 37.7 Å². The highest BCUT2D eigenvalue weighted by atomic mass is 16.5. The van der Waals surface area contributed by atoms with Crippen molar-refractivity contribution < 1.29 is 14.3 Å². The number of aromatic nitrogens is 2. The lowest BCUT2D eigenvalue weighted by molar-refractivity contribution is -0.136. The Morgan fingerprint density at radius 2 is 1.76 bits per heavy atom. The fraction of sp³-hybridized carbons (Fsp3) is 0.476. The number of carbonyl (C=O) groups excluding carboxylic acids is 1. The summed E-state index contributed by atoms with van der Waals surface area (Å²) in [6.07, 6.45) is 0. The van der Waals surface area contributed by atoms with E-state index < -0.39 is 6.04 Å². The molecule has 1 aromatic carbocycles. The van der Waals surface area contributed by atoms with Crippen LogP contribution in [0.25, 0.3) is 11.3 Å². The van der Waals surface area contributed by atoms with Crippen molar-refractivity contribution in [1.29, 1.82) is 0 Å².